The first-order valence-electron chi connectivity index (χ1n) is 8.21. The van der Waals surface area contributed by atoms with E-state index in [2.05, 4.69) is 5.10 Å². The van der Waals surface area contributed by atoms with Gasteiger partial charge >= 0.3 is 6.18 Å². The second kappa shape index (κ2) is 6.67. The Morgan fingerprint density at radius 3 is 2.68 bits per heavy atom. The molecule has 0 saturated heterocycles. The molecule has 2 atom stereocenters. The molecule has 136 valence electrons. The summed E-state index contributed by atoms with van der Waals surface area (Å²) in [7, 11) is 0. The molecule has 1 saturated carbocycles. The van der Waals surface area contributed by atoms with Crippen molar-refractivity contribution in [3.05, 3.63) is 30.3 Å². The number of fused-ring (bicyclic) bond motifs is 1. The van der Waals surface area contributed by atoms with Crippen molar-refractivity contribution in [3.8, 4) is 5.75 Å². The second-order valence-corrected chi connectivity index (χ2v) is 6.27. The number of halogens is 3. The van der Waals surface area contributed by atoms with Crippen LogP contribution in [-0.4, -0.2) is 40.2 Å². The monoisotopic (exact) mass is 356 g/mol. The SMILES string of the molecule is O=C(COc1ccccc1)N1N=C2CCCCC[C@H]2[C@]1(O)C(F)(F)F. The van der Waals surface area contributed by atoms with Crippen LogP contribution in [0.2, 0.25) is 0 Å². The molecular formula is C17H19F3N2O3. The third-order valence-electron chi connectivity index (χ3n) is 4.62. The first-order chi connectivity index (χ1) is 11.8. The van der Waals surface area contributed by atoms with E-state index in [0.717, 1.165) is 6.42 Å². The number of hydrogen-bond donors (Lipinski definition) is 1. The van der Waals surface area contributed by atoms with Gasteiger partial charge < -0.3 is 9.84 Å². The molecule has 1 amide bonds. The predicted octanol–water partition coefficient (Wildman–Crippen LogP) is 3.09. The molecule has 1 N–H and O–H groups in total. The minimum atomic E-state index is -5.00. The molecule has 1 aliphatic heterocycles. The highest BCUT2D eigenvalue weighted by molar-refractivity contribution is 5.93. The third-order valence-corrected chi connectivity index (χ3v) is 4.62. The van der Waals surface area contributed by atoms with E-state index in [0.29, 0.717) is 25.0 Å². The highest BCUT2D eigenvalue weighted by Crippen LogP contribution is 2.47. The molecule has 0 aromatic heterocycles. The second-order valence-electron chi connectivity index (χ2n) is 6.27. The number of ether oxygens (including phenoxy) is 1. The molecule has 0 unspecified atom stereocenters. The van der Waals surface area contributed by atoms with Crippen molar-refractivity contribution in [1.29, 1.82) is 0 Å². The number of hydrazone groups is 1. The van der Waals surface area contributed by atoms with E-state index in [1.807, 2.05) is 0 Å². The lowest BCUT2D eigenvalue weighted by Crippen LogP contribution is -2.61. The quantitative estimate of drug-likeness (QED) is 0.905. The Balaban J connectivity index is 1.83. The Morgan fingerprint density at radius 1 is 1.28 bits per heavy atom. The van der Waals surface area contributed by atoms with Crippen LogP contribution in [0.3, 0.4) is 0 Å². The molecule has 1 fully saturated rings. The largest absolute Gasteiger partial charge is 0.484 e. The Bertz CT molecular complexity index is 663. The van der Waals surface area contributed by atoms with E-state index in [-0.39, 0.29) is 17.1 Å². The molecule has 1 aromatic carbocycles. The van der Waals surface area contributed by atoms with Crippen LogP contribution in [0.25, 0.3) is 0 Å². The average molecular weight is 356 g/mol. The van der Waals surface area contributed by atoms with Gasteiger partial charge in [0.25, 0.3) is 11.6 Å². The van der Waals surface area contributed by atoms with Gasteiger partial charge in [-0.2, -0.15) is 23.3 Å². The maximum Gasteiger partial charge on any atom is 0.439 e. The number of amides is 1. The number of carbonyl (C=O) groups is 1. The summed E-state index contributed by atoms with van der Waals surface area (Å²) in [5.74, 6) is -1.88. The van der Waals surface area contributed by atoms with Gasteiger partial charge in [0.1, 0.15) is 5.75 Å². The molecule has 25 heavy (non-hydrogen) atoms. The summed E-state index contributed by atoms with van der Waals surface area (Å²) in [4.78, 5) is 12.3. The molecule has 2 aliphatic rings. The maximum atomic E-state index is 13.7. The van der Waals surface area contributed by atoms with Gasteiger partial charge in [-0.15, -0.1) is 0 Å². The van der Waals surface area contributed by atoms with Crippen molar-refractivity contribution in [3.63, 3.8) is 0 Å². The van der Waals surface area contributed by atoms with E-state index in [4.69, 9.17) is 4.74 Å². The van der Waals surface area contributed by atoms with Crippen LogP contribution in [0.4, 0.5) is 13.2 Å². The third kappa shape index (κ3) is 3.22. The first-order valence-corrected chi connectivity index (χ1v) is 8.21. The summed E-state index contributed by atoms with van der Waals surface area (Å²) in [5, 5.41) is 14.5. The predicted molar refractivity (Wildman–Crippen MR) is 83.8 cm³/mol. The van der Waals surface area contributed by atoms with Crippen molar-refractivity contribution in [2.24, 2.45) is 11.0 Å². The first kappa shape index (κ1) is 17.7. The number of hydrogen-bond acceptors (Lipinski definition) is 4. The average Bonchev–Trinajstić information content (AvgIpc) is 2.74. The van der Waals surface area contributed by atoms with Gasteiger partial charge in [-0.1, -0.05) is 31.0 Å². The molecular weight excluding hydrogens is 337 g/mol. The fourth-order valence-corrected chi connectivity index (χ4v) is 3.36. The van der Waals surface area contributed by atoms with Crippen LogP contribution >= 0.6 is 0 Å². The molecule has 0 radical (unpaired) electrons. The minimum absolute atomic E-state index is 0.151. The van der Waals surface area contributed by atoms with Crippen LogP contribution in [0, 0.1) is 5.92 Å². The standard InChI is InChI=1S/C17H19F3N2O3/c18-17(19,20)16(24)13-9-5-2-6-10-14(13)21-22(16)15(23)11-25-12-7-3-1-4-8-12/h1,3-4,7-8,13,24H,2,5-6,9-11H2/t13-,16+/m1/s1. The Morgan fingerprint density at radius 2 is 2.00 bits per heavy atom. The lowest BCUT2D eigenvalue weighted by molar-refractivity contribution is -0.317. The summed E-state index contributed by atoms with van der Waals surface area (Å²) in [5.41, 5.74) is -3.06. The Hall–Kier alpha value is -2.09. The van der Waals surface area contributed by atoms with Crippen molar-refractivity contribution in [2.75, 3.05) is 6.61 Å². The van der Waals surface area contributed by atoms with Gasteiger partial charge in [0.05, 0.1) is 5.92 Å². The summed E-state index contributed by atoms with van der Waals surface area (Å²) >= 11 is 0. The molecule has 0 spiro atoms. The topological polar surface area (TPSA) is 62.1 Å². The van der Waals surface area contributed by atoms with E-state index in [1.165, 1.54) is 0 Å². The van der Waals surface area contributed by atoms with Crippen LogP contribution in [-0.2, 0) is 4.79 Å². The zero-order valence-electron chi connectivity index (χ0n) is 13.5. The summed E-state index contributed by atoms with van der Waals surface area (Å²) in [6.45, 7) is -0.633. The molecule has 3 rings (SSSR count). The summed E-state index contributed by atoms with van der Waals surface area (Å²) < 4.78 is 46.2. The molecule has 0 bridgehead atoms. The number of benzene rings is 1. The fourth-order valence-electron chi connectivity index (χ4n) is 3.36. The molecule has 1 aromatic rings. The highest BCUT2D eigenvalue weighted by Gasteiger charge is 2.68. The van der Waals surface area contributed by atoms with Crippen LogP contribution in [0.5, 0.6) is 5.75 Å². The lowest BCUT2D eigenvalue weighted by atomic mass is 9.87. The van der Waals surface area contributed by atoms with Crippen molar-refractivity contribution in [2.45, 2.75) is 44.0 Å². The maximum absolute atomic E-state index is 13.7. The smallest absolute Gasteiger partial charge is 0.439 e. The Labute approximate surface area is 143 Å². The van der Waals surface area contributed by atoms with Gasteiger partial charge in [-0.25, -0.2) is 0 Å². The lowest BCUT2D eigenvalue weighted by Gasteiger charge is -2.37. The van der Waals surface area contributed by atoms with Gasteiger partial charge in [0, 0.05) is 5.71 Å². The zero-order chi connectivity index (χ0) is 18.1. The van der Waals surface area contributed by atoms with E-state index in [1.54, 1.807) is 30.3 Å². The summed E-state index contributed by atoms with van der Waals surface area (Å²) in [6.07, 6.45) is -2.45. The minimum Gasteiger partial charge on any atom is -0.484 e. The van der Waals surface area contributed by atoms with Gasteiger partial charge in [-0.3, -0.25) is 4.79 Å². The number of para-hydroxylation sites is 1. The van der Waals surface area contributed by atoms with Gasteiger partial charge in [0.2, 0.25) is 0 Å². The zero-order valence-corrected chi connectivity index (χ0v) is 13.5. The number of rotatable bonds is 3. The van der Waals surface area contributed by atoms with E-state index < -0.39 is 30.3 Å². The van der Waals surface area contributed by atoms with Crippen molar-refractivity contribution >= 4 is 11.6 Å². The van der Waals surface area contributed by atoms with Crippen LogP contribution in [0.15, 0.2) is 35.4 Å². The number of aliphatic hydroxyl groups is 1. The molecule has 1 heterocycles. The van der Waals surface area contributed by atoms with Crippen LogP contribution in [0.1, 0.15) is 32.1 Å². The van der Waals surface area contributed by atoms with Crippen molar-refractivity contribution in [1.82, 2.24) is 5.01 Å². The normalized spacial score (nSPS) is 26.6. The van der Waals surface area contributed by atoms with E-state index in [9.17, 15) is 23.1 Å². The van der Waals surface area contributed by atoms with Gasteiger partial charge in [-0.05, 0) is 31.4 Å². The Kier molecular flexibility index (Phi) is 4.73. The van der Waals surface area contributed by atoms with Crippen LogP contribution < -0.4 is 4.74 Å². The van der Waals surface area contributed by atoms with E-state index >= 15 is 0 Å². The fraction of sp³-hybridized carbons (Fsp3) is 0.529. The molecule has 8 heteroatoms. The number of alkyl halides is 3. The molecule has 5 nitrogen and oxygen atoms in total. The number of carbonyl (C=O) groups excluding carboxylic acids is 1. The van der Waals surface area contributed by atoms with Gasteiger partial charge in [0.15, 0.2) is 6.61 Å². The molecule has 1 aliphatic carbocycles. The summed E-state index contributed by atoms with van der Waals surface area (Å²) in [6, 6.07) is 8.28. The highest BCUT2D eigenvalue weighted by atomic mass is 19.4. The van der Waals surface area contributed by atoms with Crippen molar-refractivity contribution < 1.29 is 27.8 Å². The number of nitrogens with zero attached hydrogens (tertiary/aromatic N) is 2.